The second-order valence-corrected chi connectivity index (χ2v) is 6.63. The Balaban J connectivity index is 1.87. The zero-order chi connectivity index (χ0) is 21.3. The molecule has 0 heterocycles. The number of hydrogen-bond donors (Lipinski definition) is 0. The van der Waals surface area contributed by atoms with Crippen molar-refractivity contribution in [3.63, 3.8) is 0 Å². The minimum absolute atomic E-state index is 0.431. The molecule has 30 heavy (non-hydrogen) atoms. The number of hydrogen-bond acceptors (Lipinski definition) is 5. The van der Waals surface area contributed by atoms with E-state index in [0.29, 0.717) is 23.1 Å². The quantitative estimate of drug-likeness (QED) is 0.271. The molecule has 5 nitrogen and oxygen atoms in total. The van der Waals surface area contributed by atoms with Crippen molar-refractivity contribution < 1.29 is 18.9 Å². The van der Waals surface area contributed by atoms with Gasteiger partial charge in [-0.3, -0.25) is 0 Å². The second-order valence-electron chi connectivity index (χ2n) is 6.63. The van der Waals surface area contributed by atoms with Gasteiger partial charge in [0, 0.05) is 11.6 Å². The van der Waals surface area contributed by atoms with E-state index in [4.69, 9.17) is 18.9 Å². The number of benzene rings is 3. The summed E-state index contributed by atoms with van der Waals surface area (Å²) in [5, 5.41) is 0. The number of ether oxygens (including phenoxy) is 4. The number of nitrogens with zero attached hydrogens (tertiary/aromatic N) is 1. The van der Waals surface area contributed by atoms with Crippen LogP contribution < -0.4 is 18.9 Å². The van der Waals surface area contributed by atoms with E-state index in [1.165, 1.54) is 5.56 Å². The van der Waals surface area contributed by atoms with E-state index < -0.39 is 0 Å². The highest BCUT2D eigenvalue weighted by Gasteiger charge is 2.09. The lowest BCUT2D eigenvalue weighted by atomic mass is 10.2. The van der Waals surface area contributed by atoms with Gasteiger partial charge in [0.15, 0.2) is 0 Å². The largest absolute Gasteiger partial charge is 0.497 e. The Morgan fingerprint density at radius 2 is 1.40 bits per heavy atom. The summed E-state index contributed by atoms with van der Waals surface area (Å²) in [6.45, 7) is 3.92. The summed E-state index contributed by atoms with van der Waals surface area (Å²) >= 11 is 0. The number of rotatable bonds is 7. The Kier molecular flexibility index (Phi) is 7.11. The van der Waals surface area contributed by atoms with Crippen molar-refractivity contribution in [2.45, 2.75) is 13.8 Å². The minimum atomic E-state index is 0.431. The summed E-state index contributed by atoms with van der Waals surface area (Å²) in [7, 11) is 3.25. The van der Waals surface area contributed by atoms with Crippen LogP contribution in [0.2, 0.25) is 0 Å². The summed E-state index contributed by atoms with van der Waals surface area (Å²) < 4.78 is 22.3. The number of aryl methyl sites for hydroxylation is 1. The second kappa shape index (κ2) is 10.2. The molecule has 0 aliphatic heterocycles. The fraction of sp³-hybridized carbons (Fsp3) is 0.160. The predicted octanol–water partition coefficient (Wildman–Crippen LogP) is 6.10. The van der Waals surface area contributed by atoms with Gasteiger partial charge in [-0.15, -0.1) is 0 Å². The zero-order valence-corrected chi connectivity index (χ0v) is 17.6. The average Bonchev–Trinajstić information content (AvgIpc) is 2.79. The maximum atomic E-state index is 6.08. The molecule has 0 radical (unpaired) electrons. The molecule has 0 spiro atoms. The van der Waals surface area contributed by atoms with Crippen LogP contribution in [0.25, 0.3) is 0 Å². The molecule has 0 amide bonds. The molecule has 0 saturated heterocycles. The van der Waals surface area contributed by atoms with Gasteiger partial charge in [0.05, 0.1) is 26.2 Å². The standard InChI is InChI=1S/C25H25NO4/c1-18-8-10-20(11-9-18)26-25(30-24-7-5-6-23(16-24)28-4)19(2)17-29-22-14-12-21(27-3)13-15-22/h5-17H,1-4H3. The zero-order valence-electron chi connectivity index (χ0n) is 17.6. The Hall–Kier alpha value is -3.73. The molecular weight excluding hydrogens is 378 g/mol. The van der Waals surface area contributed by atoms with E-state index in [1.807, 2.05) is 86.6 Å². The summed E-state index contributed by atoms with van der Waals surface area (Å²) in [5.41, 5.74) is 2.68. The number of aliphatic imine (C=N–C) groups is 1. The van der Waals surface area contributed by atoms with E-state index in [2.05, 4.69) is 4.99 Å². The Morgan fingerprint density at radius 1 is 0.767 bits per heavy atom. The first-order valence-corrected chi connectivity index (χ1v) is 9.52. The molecular formula is C25H25NO4. The molecule has 0 aliphatic carbocycles. The van der Waals surface area contributed by atoms with Crippen molar-refractivity contribution in [1.29, 1.82) is 0 Å². The number of methoxy groups -OCH3 is 2. The van der Waals surface area contributed by atoms with Crippen LogP contribution in [0.5, 0.6) is 23.0 Å². The van der Waals surface area contributed by atoms with Crippen molar-refractivity contribution in [2.24, 2.45) is 4.99 Å². The molecule has 3 aromatic rings. The van der Waals surface area contributed by atoms with Crippen LogP contribution in [-0.2, 0) is 0 Å². The van der Waals surface area contributed by atoms with Gasteiger partial charge in [-0.2, -0.15) is 0 Å². The molecule has 154 valence electrons. The van der Waals surface area contributed by atoms with Gasteiger partial charge < -0.3 is 18.9 Å². The van der Waals surface area contributed by atoms with Gasteiger partial charge >= 0.3 is 0 Å². The van der Waals surface area contributed by atoms with Crippen LogP contribution >= 0.6 is 0 Å². The smallest absolute Gasteiger partial charge is 0.225 e. The summed E-state index contributed by atoms with van der Waals surface area (Å²) in [6, 6.07) is 22.6. The Bertz CT molecular complexity index is 1020. The van der Waals surface area contributed by atoms with E-state index in [9.17, 15) is 0 Å². The molecule has 0 fully saturated rings. The average molecular weight is 403 g/mol. The van der Waals surface area contributed by atoms with E-state index in [-0.39, 0.29) is 0 Å². The first-order chi connectivity index (χ1) is 14.6. The SMILES string of the molecule is COc1ccc(OC=C(C)C(=Nc2ccc(C)cc2)Oc2cccc(OC)c2)cc1. The molecule has 3 aromatic carbocycles. The molecule has 5 heteroatoms. The molecule has 0 bridgehead atoms. The fourth-order valence-corrected chi connectivity index (χ4v) is 2.57. The van der Waals surface area contributed by atoms with Crippen LogP contribution in [-0.4, -0.2) is 20.1 Å². The molecule has 3 rings (SSSR count). The topological polar surface area (TPSA) is 49.3 Å². The van der Waals surface area contributed by atoms with Crippen molar-refractivity contribution in [3.05, 3.63) is 90.2 Å². The van der Waals surface area contributed by atoms with Gasteiger partial charge in [-0.05, 0) is 62.4 Å². The summed E-state index contributed by atoms with van der Waals surface area (Å²) in [6.07, 6.45) is 1.62. The molecule has 0 aliphatic rings. The van der Waals surface area contributed by atoms with Crippen LogP contribution in [0.3, 0.4) is 0 Å². The Morgan fingerprint density at radius 3 is 2.07 bits per heavy atom. The summed E-state index contributed by atoms with van der Waals surface area (Å²) in [5.74, 6) is 3.22. The van der Waals surface area contributed by atoms with Gasteiger partial charge in [0.25, 0.3) is 0 Å². The van der Waals surface area contributed by atoms with Crippen molar-refractivity contribution in [1.82, 2.24) is 0 Å². The third-order valence-electron chi connectivity index (χ3n) is 4.29. The molecule has 0 atom stereocenters. The van der Waals surface area contributed by atoms with Crippen molar-refractivity contribution in [3.8, 4) is 23.0 Å². The molecule has 0 N–H and O–H groups in total. The van der Waals surface area contributed by atoms with Gasteiger partial charge in [-0.1, -0.05) is 23.8 Å². The van der Waals surface area contributed by atoms with Crippen LogP contribution in [0.15, 0.2) is 89.6 Å². The van der Waals surface area contributed by atoms with E-state index in [0.717, 1.165) is 17.0 Å². The van der Waals surface area contributed by atoms with Crippen LogP contribution in [0, 0.1) is 6.92 Å². The van der Waals surface area contributed by atoms with Gasteiger partial charge in [0.2, 0.25) is 5.90 Å². The lowest BCUT2D eigenvalue weighted by Crippen LogP contribution is -2.11. The van der Waals surface area contributed by atoms with Crippen molar-refractivity contribution >= 4 is 11.6 Å². The first kappa shape index (κ1) is 21.0. The lowest BCUT2D eigenvalue weighted by molar-refractivity contribution is 0.411. The van der Waals surface area contributed by atoms with E-state index in [1.54, 1.807) is 20.5 Å². The predicted molar refractivity (Wildman–Crippen MR) is 119 cm³/mol. The monoisotopic (exact) mass is 403 g/mol. The van der Waals surface area contributed by atoms with Crippen LogP contribution in [0.1, 0.15) is 12.5 Å². The van der Waals surface area contributed by atoms with Gasteiger partial charge in [0.1, 0.15) is 23.0 Å². The fourth-order valence-electron chi connectivity index (χ4n) is 2.57. The van der Waals surface area contributed by atoms with Crippen molar-refractivity contribution in [2.75, 3.05) is 14.2 Å². The molecule has 0 aromatic heterocycles. The molecule has 0 unspecified atom stereocenters. The Labute approximate surface area is 177 Å². The minimum Gasteiger partial charge on any atom is -0.497 e. The lowest BCUT2D eigenvalue weighted by Gasteiger charge is -2.11. The molecule has 0 saturated carbocycles. The van der Waals surface area contributed by atoms with Crippen LogP contribution in [0.4, 0.5) is 5.69 Å². The third kappa shape index (κ3) is 5.88. The highest BCUT2D eigenvalue weighted by Crippen LogP contribution is 2.23. The first-order valence-electron chi connectivity index (χ1n) is 9.52. The maximum Gasteiger partial charge on any atom is 0.225 e. The summed E-state index contributed by atoms with van der Waals surface area (Å²) in [4.78, 5) is 4.68. The highest BCUT2D eigenvalue weighted by atomic mass is 16.5. The normalized spacial score (nSPS) is 11.7. The van der Waals surface area contributed by atoms with E-state index >= 15 is 0 Å². The maximum absolute atomic E-state index is 6.08. The third-order valence-corrected chi connectivity index (χ3v) is 4.29. The highest BCUT2D eigenvalue weighted by molar-refractivity contribution is 5.96. The van der Waals surface area contributed by atoms with Gasteiger partial charge in [-0.25, -0.2) is 4.99 Å².